The molecule has 5 heteroatoms. The Balaban J connectivity index is 1.42. The number of allylic oxidation sites excluding steroid dienone is 2. The van der Waals surface area contributed by atoms with E-state index in [1.807, 2.05) is 15.9 Å². The van der Waals surface area contributed by atoms with Crippen molar-refractivity contribution in [3.63, 3.8) is 0 Å². The van der Waals surface area contributed by atoms with Crippen LogP contribution in [0.1, 0.15) is 31.2 Å². The van der Waals surface area contributed by atoms with Crippen LogP contribution >= 0.6 is 0 Å². The van der Waals surface area contributed by atoms with E-state index < -0.39 is 5.41 Å². The normalized spacial score (nSPS) is 26.4. The smallest absolute Gasteiger partial charge is 0.231 e. The highest BCUT2D eigenvalue weighted by Gasteiger charge is 2.51. The summed E-state index contributed by atoms with van der Waals surface area (Å²) in [7, 11) is 0. The molecule has 2 heterocycles. The minimum absolute atomic E-state index is 0.0649. The number of carbonyl (C=O) groups is 2. The van der Waals surface area contributed by atoms with E-state index in [2.05, 4.69) is 12.2 Å². The van der Waals surface area contributed by atoms with E-state index in [0.29, 0.717) is 26.2 Å². The molecule has 0 aromatic heterocycles. The molecule has 1 aromatic carbocycles. The largest absolute Gasteiger partial charge is 0.341 e. The number of halogens is 1. The van der Waals surface area contributed by atoms with Crippen LogP contribution in [0.5, 0.6) is 0 Å². The van der Waals surface area contributed by atoms with E-state index in [-0.39, 0.29) is 23.5 Å². The zero-order valence-electron chi connectivity index (χ0n) is 14.3. The van der Waals surface area contributed by atoms with E-state index in [0.717, 1.165) is 31.2 Å². The highest BCUT2D eigenvalue weighted by molar-refractivity contribution is 5.87. The van der Waals surface area contributed by atoms with Crippen molar-refractivity contribution in [2.45, 2.75) is 32.2 Å². The van der Waals surface area contributed by atoms with Gasteiger partial charge in [0.1, 0.15) is 5.82 Å². The SMILES string of the molecule is O=C(C1CC=CC1)N1CC[C@@]2(CCN(Cc3cccc(F)c3)C2=O)C1. The lowest BCUT2D eigenvalue weighted by atomic mass is 9.85. The van der Waals surface area contributed by atoms with Crippen LogP contribution in [0, 0.1) is 17.2 Å². The summed E-state index contributed by atoms with van der Waals surface area (Å²) in [5.41, 5.74) is 0.392. The lowest BCUT2D eigenvalue weighted by molar-refractivity contribution is -0.138. The molecule has 132 valence electrons. The van der Waals surface area contributed by atoms with Crippen molar-refractivity contribution in [1.82, 2.24) is 9.80 Å². The van der Waals surface area contributed by atoms with Gasteiger partial charge in [-0.2, -0.15) is 0 Å². The Hall–Kier alpha value is -2.17. The first-order valence-corrected chi connectivity index (χ1v) is 9.05. The molecule has 2 aliphatic heterocycles. The van der Waals surface area contributed by atoms with Crippen LogP contribution < -0.4 is 0 Å². The molecule has 1 spiro atoms. The van der Waals surface area contributed by atoms with Crippen molar-refractivity contribution in [3.8, 4) is 0 Å². The number of hydrogen-bond acceptors (Lipinski definition) is 2. The third-order valence-corrected chi connectivity index (χ3v) is 5.89. The first-order chi connectivity index (χ1) is 12.1. The highest BCUT2D eigenvalue weighted by Crippen LogP contribution is 2.42. The highest BCUT2D eigenvalue weighted by atomic mass is 19.1. The van der Waals surface area contributed by atoms with Crippen LogP contribution in [0.15, 0.2) is 36.4 Å². The molecule has 4 nitrogen and oxygen atoms in total. The third kappa shape index (κ3) is 2.96. The van der Waals surface area contributed by atoms with Crippen LogP contribution in [-0.2, 0) is 16.1 Å². The van der Waals surface area contributed by atoms with Gasteiger partial charge in [0, 0.05) is 32.1 Å². The van der Waals surface area contributed by atoms with Crippen LogP contribution in [-0.4, -0.2) is 41.2 Å². The molecule has 1 aromatic rings. The lowest BCUT2D eigenvalue weighted by Gasteiger charge is -2.25. The van der Waals surface area contributed by atoms with E-state index in [4.69, 9.17) is 0 Å². The number of nitrogens with zero attached hydrogens (tertiary/aromatic N) is 2. The molecule has 25 heavy (non-hydrogen) atoms. The fourth-order valence-electron chi connectivity index (χ4n) is 4.42. The van der Waals surface area contributed by atoms with E-state index in [1.165, 1.54) is 12.1 Å². The topological polar surface area (TPSA) is 40.6 Å². The molecule has 0 bridgehead atoms. The van der Waals surface area contributed by atoms with Crippen LogP contribution in [0.25, 0.3) is 0 Å². The van der Waals surface area contributed by atoms with Gasteiger partial charge in [-0.1, -0.05) is 24.3 Å². The predicted octanol–water partition coefficient (Wildman–Crippen LogP) is 2.74. The Morgan fingerprint density at radius 3 is 2.72 bits per heavy atom. The summed E-state index contributed by atoms with van der Waals surface area (Å²) in [6.07, 6.45) is 7.31. The van der Waals surface area contributed by atoms with Gasteiger partial charge in [0.05, 0.1) is 5.41 Å². The van der Waals surface area contributed by atoms with Gasteiger partial charge in [-0.25, -0.2) is 4.39 Å². The van der Waals surface area contributed by atoms with Crippen molar-refractivity contribution in [2.75, 3.05) is 19.6 Å². The van der Waals surface area contributed by atoms with Crippen molar-refractivity contribution in [2.24, 2.45) is 11.3 Å². The maximum Gasteiger partial charge on any atom is 0.231 e. The van der Waals surface area contributed by atoms with E-state index in [9.17, 15) is 14.0 Å². The quantitative estimate of drug-likeness (QED) is 0.793. The van der Waals surface area contributed by atoms with Gasteiger partial charge in [-0.05, 0) is 43.4 Å². The number of benzene rings is 1. The molecule has 2 fully saturated rings. The molecule has 0 saturated carbocycles. The zero-order valence-corrected chi connectivity index (χ0v) is 14.3. The summed E-state index contributed by atoms with van der Waals surface area (Å²) < 4.78 is 13.4. The van der Waals surface area contributed by atoms with Crippen molar-refractivity contribution < 1.29 is 14.0 Å². The lowest BCUT2D eigenvalue weighted by Crippen LogP contribution is -2.39. The maximum atomic E-state index is 13.4. The molecular weight excluding hydrogens is 319 g/mol. The summed E-state index contributed by atoms with van der Waals surface area (Å²) in [4.78, 5) is 29.3. The number of carbonyl (C=O) groups excluding carboxylic acids is 2. The predicted molar refractivity (Wildman–Crippen MR) is 91.9 cm³/mol. The second-order valence-electron chi connectivity index (χ2n) is 7.54. The summed E-state index contributed by atoms with van der Waals surface area (Å²) in [6, 6.07) is 6.41. The number of likely N-dealkylation sites (tertiary alicyclic amines) is 2. The van der Waals surface area contributed by atoms with Crippen LogP contribution in [0.4, 0.5) is 4.39 Å². The Bertz CT molecular complexity index is 724. The summed E-state index contributed by atoms with van der Waals surface area (Å²) in [6.45, 7) is 2.34. The van der Waals surface area contributed by atoms with Gasteiger partial charge < -0.3 is 9.80 Å². The minimum atomic E-state index is -0.422. The molecule has 2 saturated heterocycles. The van der Waals surface area contributed by atoms with Crippen LogP contribution in [0.3, 0.4) is 0 Å². The van der Waals surface area contributed by atoms with Crippen molar-refractivity contribution in [1.29, 1.82) is 0 Å². The monoisotopic (exact) mass is 342 g/mol. The molecule has 0 radical (unpaired) electrons. The Morgan fingerprint density at radius 1 is 1.20 bits per heavy atom. The van der Waals surface area contributed by atoms with Crippen molar-refractivity contribution >= 4 is 11.8 Å². The minimum Gasteiger partial charge on any atom is -0.341 e. The summed E-state index contributed by atoms with van der Waals surface area (Å²) >= 11 is 0. The average molecular weight is 342 g/mol. The van der Waals surface area contributed by atoms with Gasteiger partial charge in [0.2, 0.25) is 11.8 Å². The first-order valence-electron chi connectivity index (χ1n) is 9.05. The molecule has 1 atom stereocenters. The molecule has 2 amide bonds. The van der Waals surface area contributed by atoms with E-state index >= 15 is 0 Å². The van der Waals surface area contributed by atoms with Crippen LogP contribution in [0.2, 0.25) is 0 Å². The average Bonchev–Trinajstić information content (AvgIpc) is 3.33. The number of rotatable bonds is 3. The van der Waals surface area contributed by atoms with Gasteiger partial charge in [0.25, 0.3) is 0 Å². The second kappa shape index (κ2) is 6.28. The molecule has 3 aliphatic rings. The second-order valence-corrected chi connectivity index (χ2v) is 7.54. The van der Waals surface area contributed by atoms with Gasteiger partial charge in [0.15, 0.2) is 0 Å². The fraction of sp³-hybridized carbons (Fsp3) is 0.500. The van der Waals surface area contributed by atoms with Crippen molar-refractivity contribution in [3.05, 3.63) is 47.8 Å². The fourth-order valence-corrected chi connectivity index (χ4v) is 4.42. The number of hydrogen-bond donors (Lipinski definition) is 0. The molecule has 0 N–H and O–H groups in total. The Kier molecular flexibility index (Phi) is 4.10. The van der Waals surface area contributed by atoms with Gasteiger partial charge in [-0.3, -0.25) is 9.59 Å². The van der Waals surface area contributed by atoms with Gasteiger partial charge >= 0.3 is 0 Å². The molecule has 4 rings (SSSR count). The Morgan fingerprint density at radius 2 is 1.96 bits per heavy atom. The molecule has 1 aliphatic carbocycles. The first kappa shape index (κ1) is 16.3. The molecule has 0 unspecified atom stereocenters. The standard InChI is InChI=1S/C20H23FN2O2/c21-17-7-3-4-15(12-17)13-22-10-8-20(19(22)25)9-11-23(14-20)18(24)16-5-1-2-6-16/h1-4,7,12,16H,5-6,8-11,13-14H2/t20-/m0/s1. The van der Waals surface area contributed by atoms with Gasteiger partial charge in [-0.15, -0.1) is 0 Å². The van der Waals surface area contributed by atoms with E-state index in [1.54, 1.807) is 6.07 Å². The number of amides is 2. The summed E-state index contributed by atoms with van der Waals surface area (Å²) in [5.74, 6) is 0.103. The summed E-state index contributed by atoms with van der Waals surface area (Å²) in [5, 5.41) is 0. The Labute approximate surface area is 147 Å². The maximum absolute atomic E-state index is 13.4. The third-order valence-electron chi connectivity index (χ3n) is 5.89. The zero-order chi connectivity index (χ0) is 17.4. The molecular formula is C20H23FN2O2.